The number of nitrogens with one attached hydrogen (secondary N) is 2. The number of aromatic carboxylic acids is 1. The molecule has 0 unspecified atom stereocenters. The van der Waals surface area contributed by atoms with E-state index in [-0.39, 0.29) is 17.5 Å². The zero-order chi connectivity index (χ0) is 14.7. The molecule has 2 aromatic heterocycles. The quantitative estimate of drug-likeness (QED) is 0.543. The van der Waals surface area contributed by atoms with Crippen LogP contribution in [0.2, 0.25) is 0 Å². The number of pyridine rings is 1. The number of hydrogen-bond acceptors (Lipinski definition) is 6. The molecular formula is C10H7N5O5. The van der Waals surface area contributed by atoms with E-state index in [4.69, 9.17) is 5.11 Å². The van der Waals surface area contributed by atoms with Gasteiger partial charge in [0, 0.05) is 5.56 Å². The van der Waals surface area contributed by atoms with E-state index < -0.39 is 17.8 Å². The second-order valence-corrected chi connectivity index (χ2v) is 3.52. The number of hydrogen-bond donors (Lipinski definition) is 3. The lowest BCUT2D eigenvalue weighted by molar-refractivity contribution is -0.604. The minimum absolute atomic E-state index is 0.149. The molecule has 0 aliphatic rings. The molecule has 0 bridgehead atoms. The van der Waals surface area contributed by atoms with Gasteiger partial charge in [-0.2, -0.15) is 0 Å². The summed E-state index contributed by atoms with van der Waals surface area (Å²) in [5, 5.41) is 21.2. The van der Waals surface area contributed by atoms with Gasteiger partial charge in [0.1, 0.15) is 0 Å². The summed E-state index contributed by atoms with van der Waals surface area (Å²) in [7, 11) is 0. The number of nitrogens with zero attached hydrogens (tertiary/aromatic N) is 3. The maximum absolute atomic E-state index is 11.3. The summed E-state index contributed by atoms with van der Waals surface area (Å²) in [6.07, 6.45) is 1.11. The van der Waals surface area contributed by atoms with Crippen molar-refractivity contribution in [2.75, 3.05) is 5.32 Å². The number of aromatic amines is 1. The molecule has 102 valence electrons. The molecule has 0 aliphatic heterocycles. The minimum Gasteiger partial charge on any atom is -0.545 e. The van der Waals surface area contributed by atoms with Crippen molar-refractivity contribution in [3.05, 3.63) is 40.6 Å². The molecule has 3 N–H and O–H groups in total. The van der Waals surface area contributed by atoms with Crippen molar-refractivity contribution in [1.29, 1.82) is 0 Å². The first kappa shape index (κ1) is 13.1. The van der Waals surface area contributed by atoms with E-state index in [9.17, 15) is 19.5 Å². The maximum atomic E-state index is 11.3. The highest BCUT2D eigenvalue weighted by atomic mass is 16.4. The fraction of sp³-hybridized carbons (Fsp3) is 0. The molecule has 0 saturated carbocycles. The monoisotopic (exact) mass is 277 g/mol. The Balaban J connectivity index is 2.49. The normalized spacial score (nSPS) is 10.0. The van der Waals surface area contributed by atoms with Crippen molar-refractivity contribution in [1.82, 2.24) is 15.0 Å². The number of carbonyl (C=O) groups is 2. The number of aromatic nitrogens is 4. The van der Waals surface area contributed by atoms with Crippen molar-refractivity contribution in [2.24, 2.45) is 0 Å². The third-order valence-corrected chi connectivity index (χ3v) is 2.13. The van der Waals surface area contributed by atoms with Crippen LogP contribution in [0.25, 0.3) is 5.95 Å². The Morgan fingerprint density at radius 1 is 1.40 bits per heavy atom. The van der Waals surface area contributed by atoms with Gasteiger partial charge in [-0.15, -0.1) is 0 Å². The van der Waals surface area contributed by atoms with Crippen LogP contribution in [0.15, 0.2) is 29.3 Å². The fourth-order valence-corrected chi connectivity index (χ4v) is 1.37. The molecule has 0 atom stereocenters. The third-order valence-electron chi connectivity index (χ3n) is 2.13. The summed E-state index contributed by atoms with van der Waals surface area (Å²) in [5.74, 6) is -1.94. The van der Waals surface area contributed by atoms with E-state index in [2.05, 4.69) is 15.0 Å². The second-order valence-electron chi connectivity index (χ2n) is 3.52. The Morgan fingerprint density at radius 3 is 2.80 bits per heavy atom. The average Bonchev–Trinajstić information content (AvgIpc) is 2.37. The first-order chi connectivity index (χ1) is 9.45. The van der Waals surface area contributed by atoms with Crippen molar-refractivity contribution in [2.45, 2.75) is 0 Å². The highest BCUT2D eigenvalue weighted by Crippen LogP contribution is 1.97. The Bertz CT molecular complexity index is 741. The van der Waals surface area contributed by atoms with Crippen LogP contribution in [-0.2, 0) is 0 Å². The molecule has 10 nitrogen and oxygen atoms in total. The van der Waals surface area contributed by atoms with Crippen molar-refractivity contribution in [3.8, 4) is 5.95 Å². The first-order valence-electron chi connectivity index (χ1n) is 5.17. The summed E-state index contributed by atoms with van der Waals surface area (Å²) < 4.78 is 1.15. The van der Waals surface area contributed by atoms with Crippen LogP contribution in [0.1, 0.15) is 10.4 Å². The number of carboxylic acids is 1. The largest absolute Gasteiger partial charge is 0.545 e. The van der Waals surface area contributed by atoms with E-state index in [1.54, 1.807) is 0 Å². The minimum atomic E-state index is -1.42. The predicted octanol–water partition coefficient (Wildman–Crippen LogP) is -2.10. The highest BCUT2D eigenvalue weighted by Gasteiger charge is 2.16. The highest BCUT2D eigenvalue weighted by molar-refractivity contribution is 5.84. The van der Waals surface area contributed by atoms with Gasteiger partial charge >= 0.3 is 17.7 Å². The van der Waals surface area contributed by atoms with Gasteiger partial charge in [-0.1, -0.05) is 0 Å². The SMILES string of the molecule is O=C(O)Nc1nc(-[n+]2cccc(C(=O)[O-])c2)nc(=O)[nH]1. The average molecular weight is 277 g/mol. The Labute approximate surface area is 110 Å². The number of carbonyl (C=O) groups excluding carboxylic acids is 1. The third kappa shape index (κ3) is 2.93. The Hall–Kier alpha value is -3.30. The summed E-state index contributed by atoms with van der Waals surface area (Å²) in [4.78, 5) is 41.8. The van der Waals surface area contributed by atoms with Crippen molar-refractivity contribution >= 4 is 18.0 Å². The van der Waals surface area contributed by atoms with Gasteiger partial charge in [0.25, 0.3) is 5.95 Å². The number of amides is 1. The predicted molar refractivity (Wildman–Crippen MR) is 60.2 cm³/mol. The van der Waals surface area contributed by atoms with Crippen LogP contribution >= 0.6 is 0 Å². The smallest absolute Gasteiger partial charge is 0.446 e. The van der Waals surface area contributed by atoms with Gasteiger partial charge in [-0.3, -0.25) is 0 Å². The molecule has 0 radical (unpaired) electrons. The Morgan fingerprint density at radius 2 is 2.15 bits per heavy atom. The lowest BCUT2D eigenvalue weighted by atomic mass is 10.3. The van der Waals surface area contributed by atoms with E-state index in [0.717, 1.165) is 10.8 Å². The van der Waals surface area contributed by atoms with Gasteiger partial charge in [0.05, 0.1) is 18.4 Å². The zero-order valence-corrected chi connectivity index (χ0v) is 9.73. The molecule has 10 heteroatoms. The number of carboxylic acid groups (broad SMARTS) is 2. The molecule has 0 spiro atoms. The number of anilines is 1. The molecule has 0 aliphatic carbocycles. The molecule has 2 rings (SSSR count). The molecular weight excluding hydrogens is 270 g/mol. The number of rotatable bonds is 3. The molecule has 2 heterocycles. The van der Waals surface area contributed by atoms with E-state index in [0.29, 0.717) is 0 Å². The van der Waals surface area contributed by atoms with Crippen LogP contribution in [0.5, 0.6) is 0 Å². The van der Waals surface area contributed by atoms with Gasteiger partial charge in [0.2, 0.25) is 0 Å². The van der Waals surface area contributed by atoms with E-state index >= 15 is 0 Å². The zero-order valence-electron chi connectivity index (χ0n) is 9.73. The van der Waals surface area contributed by atoms with Crippen LogP contribution in [0.3, 0.4) is 0 Å². The molecule has 2 aromatic rings. The lowest BCUT2D eigenvalue weighted by Crippen LogP contribution is -2.38. The van der Waals surface area contributed by atoms with Gasteiger partial charge in [-0.25, -0.2) is 24.5 Å². The van der Waals surface area contributed by atoms with Crippen LogP contribution in [0, 0.1) is 0 Å². The molecule has 0 saturated heterocycles. The fourth-order valence-electron chi connectivity index (χ4n) is 1.37. The summed E-state index contributed by atoms with van der Waals surface area (Å²) in [5.41, 5.74) is -0.991. The van der Waals surface area contributed by atoms with Gasteiger partial charge in [-0.05, 0) is 22.1 Å². The second kappa shape index (κ2) is 5.14. The summed E-state index contributed by atoms with van der Waals surface area (Å²) in [6, 6.07) is 2.68. The molecule has 0 fully saturated rings. The molecule has 20 heavy (non-hydrogen) atoms. The van der Waals surface area contributed by atoms with Crippen LogP contribution in [0.4, 0.5) is 10.7 Å². The molecule has 1 amide bonds. The van der Waals surface area contributed by atoms with E-state index in [1.165, 1.54) is 18.3 Å². The van der Waals surface area contributed by atoms with Crippen LogP contribution in [-0.4, -0.2) is 32.1 Å². The molecule has 0 aromatic carbocycles. The van der Waals surface area contributed by atoms with E-state index in [1.807, 2.05) is 5.32 Å². The Kier molecular flexibility index (Phi) is 3.37. The maximum Gasteiger partial charge on any atom is 0.446 e. The van der Waals surface area contributed by atoms with Gasteiger partial charge < -0.3 is 15.0 Å². The van der Waals surface area contributed by atoms with Crippen molar-refractivity contribution < 1.29 is 24.4 Å². The first-order valence-corrected chi connectivity index (χ1v) is 5.17. The summed E-state index contributed by atoms with van der Waals surface area (Å²) in [6.45, 7) is 0. The standard InChI is InChI=1S/C10H7N5O5/c16-6(17)5-2-1-3-15(4-5)8-11-7(13-10(19)20)12-9(18)14-8/h1-4H,(H3-,11,12,13,14,16,17,18,19,20). The lowest BCUT2D eigenvalue weighted by Gasteiger charge is -2.02. The van der Waals surface area contributed by atoms with Crippen molar-refractivity contribution in [3.63, 3.8) is 0 Å². The van der Waals surface area contributed by atoms with Crippen LogP contribution < -0.4 is 20.7 Å². The topological polar surface area (TPSA) is 152 Å². The number of H-pyrrole nitrogens is 1. The summed E-state index contributed by atoms with van der Waals surface area (Å²) >= 11 is 0. The van der Waals surface area contributed by atoms with Gasteiger partial charge in [0.15, 0.2) is 0 Å².